The van der Waals surface area contributed by atoms with Crippen LogP contribution in [0.5, 0.6) is 0 Å². The molecule has 3 nitrogen and oxygen atoms in total. The number of thiazole rings is 1. The molecule has 1 aromatic carbocycles. The second-order valence-electron chi connectivity index (χ2n) is 3.49. The summed E-state index contributed by atoms with van der Waals surface area (Å²) >= 11 is 7.26. The van der Waals surface area contributed by atoms with E-state index in [2.05, 4.69) is 22.2 Å². The van der Waals surface area contributed by atoms with Crippen LogP contribution in [0.25, 0.3) is 16.3 Å². The largest absolute Gasteiger partial charge is 0.213 e. The van der Waals surface area contributed by atoms with Crippen molar-refractivity contribution in [2.45, 2.75) is 0 Å². The molecule has 2 aromatic heterocycles. The van der Waals surface area contributed by atoms with E-state index in [1.165, 1.54) is 11.3 Å². The SMILES string of the molecule is Clc1csc(-n2cc(-c3ccccc3)cn2)n1. The summed E-state index contributed by atoms with van der Waals surface area (Å²) in [6.45, 7) is 0. The molecule has 0 aliphatic heterocycles. The van der Waals surface area contributed by atoms with Crippen LogP contribution < -0.4 is 0 Å². The number of hydrogen-bond donors (Lipinski definition) is 0. The van der Waals surface area contributed by atoms with Crippen LogP contribution in [-0.2, 0) is 0 Å². The topological polar surface area (TPSA) is 30.7 Å². The Morgan fingerprint density at radius 3 is 2.65 bits per heavy atom. The Labute approximate surface area is 107 Å². The van der Waals surface area contributed by atoms with Gasteiger partial charge in [0.05, 0.1) is 6.20 Å². The standard InChI is InChI=1S/C12H8ClN3S/c13-11-8-17-12(15-11)16-7-10(6-14-16)9-4-2-1-3-5-9/h1-8H. The molecule has 5 heteroatoms. The highest BCUT2D eigenvalue weighted by molar-refractivity contribution is 7.12. The first-order valence-corrected chi connectivity index (χ1v) is 6.30. The zero-order valence-electron chi connectivity index (χ0n) is 8.75. The predicted molar refractivity (Wildman–Crippen MR) is 69.7 cm³/mol. The molecule has 0 spiro atoms. The van der Waals surface area contributed by atoms with Crippen molar-refractivity contribution in [3.05, 3.63) is 53.3 Å². The van der Waals surface area contributed by atoms with Gasteiger partial charge in [0.25, 0.3) is 0 Å². The maximum atomic E-state index is 5.79. The van der Waals surface area contributed by atoms with Crippen LogP contribution >= 0.6 is 22.9 Å². The summed E-state index contributed by atoms with van der Waals surface area (Å²) in [6.07, 6.45) is 3.77. The molecule has 0 saturated heterocycles. The monoisotopic (exact) mass is 261 g/mol. The molecule has 0 aliphatic carbocycles. The van der Waals surface area contributed by atoms with Crippen LogP contribution in [0.4, 0.5) is 0 Å². The lowest BCUT2D eigenvalue weighted by atomic mass is 10.1. The van der Waals surface area contributed by atoms with Crippen LogP contribution in [-0.4, -0.2) is 14.8 Å². The van der Waals surface area contributed by atoms with E-state index in [1.54, 1.807) is 10.1 Å². The highest BCUT2D eigenvalue weighted by Crippen LogP contribution is 2.22. The van der Waals surface area contributed by atoms with E-state index in [1.807, 2.05) is 30.6 Å². The highest BCUT2D eigenvalue weighted by Gasteiger charge is 2.06. The fraction of sp³-hybridized carbons (Fsp3) is 0. The molecule has 0 saturated carbocycles. The first kappa shape index (κ1) is 10.5. The Hall–Kier alpha value is -1.65. The van der Waals surface area contributed by atoms with E-state index in [9.17, 15) is 0 Å². The molecule has 0 bridgehead atoms. The van der Waals surface area contributed by atoms with Crippen molar-refractivity contribution in [1.82, 2.24) is 14.8 Å². The van der Waals surface area contributed by atoms with Crippen LogP contribution in [0, 0.1) is 0 Å². The Balaban J connectivity index is 1.99. The second kappa shape index (κ2) is 4.31. The first-order valence-electron chi connectivity index (χ1n) is 5.04. The summed E-state index contributed by atoms with van der Waals surface area (Å²) in [4.78, 5) is 4.17. The highest BCUT2D eigenvalue weighted by atomic mass is 35.5. The van der Waals surface area contributed by atoms with Crippen molar-refractivity contribution < 1.29 is 0 Å². The van der Waals surface area contributed by atoms with Gasteiger partial charge < -0.3 is 0 Å². The Morgan fingerprint density at radius 2 is 1.94 bits per heavy atom. The van der Waals surface area contributed by atoms with Gasteiger partial charge in [-0.05, 0) is 5.56 Å². The molecule has 0 radical (unpaired) electrons. The molecular formula is C12H8ClN3S. The minimum Gasteiger partial charge on any atom is -0.213 e. The zero-order chi connectivity index (χ0) is 11.7. The van der Waals surface area contributed by atoms with E-state index in [0.717, 1.165) is 16.3 Å². The minimum atomic E-state index is 0.502. The molecule has 0 unspecified atom stereocenters. The third-order valence-corrected chi connectivity index (χ3v) is 3.50. The fourth-order valence-corrected chi connectivity index (χ4v) is 2.44. The lowest BCUT2D eigenvalue weighted by Gasteiger charge is -1.95. The van der Waals surface area contributed by atoms with Gasteiger partial charge in [-0.2, -0.15) is 5.10 Å². The summed E-state index contributed by atoms with van der Waals surface area (Å²) in [5.41, 5.74) is 2.21. The van der Waals surface area contributed by atoms with Gasteiger partial charge in [-0.15, -0.1) is 11.3 Å². The van der Waals surface area contributed by atoms with E-state index in [0.29, 0.717) is 5.15 Å². The summed E-state index contributed by atoms with van der Waals surface area (Å²) in [5, 5.41) is 7.35. The first-order chi connectivity index (χ1) is 8.33. The third-order valence-electron chi connectivity index (χ3n) is 2.35. The zero-order valence-corrected chi connectivity index (χ0v) is 10.3. The summed E-state index contributed by atoms with van der Waals surface area (Å²) < 4.78 is 1.74. The lowest BCUT2D eigenvalue weighted by Crippen LogP contribution is -1.91. The predicted octanol–water partition coefficient (Wildman–Crippen LogP) is 3.65. The second-order valence-corrected chi connectivity index (χ2v) is 4.72. The van der Waals surface area contributed by atoms with Gasteiger partial charge >= 0.3 is 0 Å². The molecular weight excluding hydrogens is 254 g/mol. The van der Waals surface area contributed by atoms with Crippen molar-refractivity contribution in [2.24, 2.45) is 0 Å². The number of halogens is 1. The number of nitrogens with zero attached hydrogens (tertiary/aromatic N) is 3. The Bertz CT molecular complexity index is 630. The smallest absolute Gasteiger partial charge is 0.211 e. The molecule has 0 aliphatic rings. The van der Waals surface area contributed by atoms with Crippen molar-refractivity contribution in [2.75, 3.05) is 0 Å². The van der Waals surface area contributed by atoms with Crippen LogP contribution in [0.1, 0.15) is 0 Å². The van der Waals surface area contributed by atoms with E-state index in [-0.39, 0.29) is 0 Å². The van der Waals surface area contributed by atoms with Crippen LogP contribution in [0.15, 0.2) is 48.1 Å². The van der Waals surface area contributed by atoms with Crippen LogP contribution in [0.3, 0.4) is 0 Å². The summed E-state index contributed by atoms with van der Waals surface area (Å²) in [6, 6.07) is 10.1. The Morgan fingerprint density at radius 1 is 1.12 bits per heavy atom. The molecule has 84 valence electrons. The molecule has 0 N–H and O–H groups in total. The molecule has 17 heavy (non-hydrogen) atoms. The van der Waals surface area contributed by atoms with Crippen LogP contribution in [0.2, 0.25) is 5.15 Å². The molecule has 2 heterocycles. The summed E-state index contributed by atoms with van der Waals surface area (Å²) in [5.74, 6) is 0. The maximum Gasteiger partial charge on any atom is 0.211 e. The van der Waals surface area contributed by atoms with Gasteiger partial charge in [0.15, 0.2) is 0 Å². The molecule has 0 amide bonds. The van der Waals surface area contributed by atoms with Gasteiger partial charge in [-0.3, -0.25) is 0 Å². The average Bonchev–Trinajstić information content (AvgIpc) is 2.98. The lowest BCUT2D eigenvalue weighted by molar-refractivity contribution is 0.870. The van der Waals surface area contributed by atoms with Gasteiger partial charge in [0.1, 0.15) is 5.15 Å². The van der Waals surface area contributed by atoms with Gasteiger partial charge in [-0.1, -0.05) is 41.9 Å². The maximum absolute atomic E-state index is 5.79. The minimum absolute atomic E-state index is 0.502. The summed E-state index contributed by atoms with van der Waals surface area (Å²) in [7, 11) is 0. The van der Waals surface area contributed by atoms with Crippen molar-refractivity contribution in [3.63, 3.8) is 0 Å². The number of hydrogen-bond acceptors (Lipinski definition) is 3. The van der Waals surface area contributed by atoms with Gasteiger partial charge in [0, 0.05) is 17.1 Å². The molecule has 3 aromatic rings. The normalized spacial score (nSPS) is 10.6. The quantitative estimate of drug-likeness (QED) is 0.705. The molecule has 3 rings (SSSR count). The van der Waals surface area contributed by atoms with E-state index in [4.69, 9.17) is 11.6 Å². The number of rotatable bonds is 2. The van der Waals surface area contributed by atoms with Crippen molar-refractivity contribution >= 4 is 22.9 Å². The average molecular weight is 262 g/mol. The van der Waals surface area contributed by atoms with E-state index < -0.39 is 0 Å². The van der Waals surface area contributed by atoms with Gasteiger partial charge in [-0.25, -0.2) is 9.67 Å². The van der Waals surface area contributed by atoms with Crippen molar-refractivity contribution in [1.29, 1.82) is 0 Å². The van der Waals surface area contributed by atoms with Gasteiger partial charge in [0.2, 0.25) is 5.13 Å². The third kappa shape index (κ3) is 2.09. The van der Waals surface area contributed by atoms with Crippen molar-refractivity contribution in [3.8, 4) is 16.3 Å². The number of benzene rings is 1. The fourth-order valence-electron chi connectivity index (χ4n) is 1.56. The molecule has 0 fully saturated rings. The Kier molecular flexibility index (Phi) is 2.66. The van der Waals surface area contributed by atoms with E-state index >= 15 is 0 Å². The number of aromatic nitrogens is 3. The molecule has 0 atom stereocenters.